The van der Waals surface area contributed by atoms with Gasteiger partial charge in [0.1, 0.15) is 6.26 Å². The minimum atomic E-state index is -0.0808. The van der Waals surface area contributed by atoms with Gasteiger partial charge in [-0.15, -0.1) is 0 Å². The lowest BCUT2D eigenvalue weighted by atomic mass is 10.2. The van der Waals surface area contributed by atoms with Gasteiger partial charge in [0.2, 0.25) is 0 Å². The lowest BCUT2D eigenvalue weighted by molar-refractivity contribution is 0.0670. The Morgan fingerprint density at radius 2 is 2.10 bits per heavy atom. The van der Waals surface area contributed by atoms with Gasteiger partial charge < -0.3 is 14.1 Å². The monoisotopic (exact) mass is 337 g/mol. The summed E-state index contributed by atoms with van der Waals surface area (Å²) >= 11 is 3.18. The van der Waals surface area contributed by atoms with Crippen LogP contribution in [0.5, 0.6) is 0 Å². The van der Waals surface area contributed by atoms with Gasteiger partial charge in [-0.05, 0) is 21.5 Å². The van der Waals surface area contributed by atoms with Crippen molar-refractivity contribution in [3.63, 3.8) is 0 Å². The Morgan fingerprint density at radius 1 is 1.35 bits per heavy atom. The molecule has 20 heavy (non-hydrogen) atoms. The summed E-state index contributed by atoms with van der Waals surface area (Å²) in [7, 11) is 1.75. The molecule has 0 aliphatic carbocycles. The van der Waals surface area contributed by atoms with Crippen molar-refractivity contribution in [3.05, 3.63) is 58.5 Å². The van der Waals surface area contributed by atoms with E-state index in [-0.39, 0.29) is 5.91 Å². The zero-order valence-electron chi connectivity index (χ0n) is 11.2. The van der Waals surface area contributed by atoms with E-state index in [4.69, 9.17) is 9.15 Å². The van der Waals surface area contributed by atoms with Crippen molar-refractivity contribution in [2.45, 2.75) is 6.61 Å². The van der Waals surface area contributed by atoms with Crippen LogP contribution >= 0.6 is 15.9 Å². The number of ether oxygens (including phenoxy) is 1. The number of amides is 1. The van der Waals surface area contributed by atoms with Gasteiger partial charge in [-0.3, -0.25) is 4.79 Å². The maximum atomic E-state index is 12.0. The van der Waals surface area contributed by atoms with Crippen LogP contribution in [-0.2, 0) is 11.3 Å². The largest absolute Gasteiger partial charge is 0.457 e. The number of likely N-dealkylation sites (N-methyl/N-ethyl adjacent to an activating group) is 1. The second kappa shape index (κ2) is 7.26. The summed E-state index contributed by atoms with van der Waals surface area (Å²) in [4.78, 5) is 13.6. The predicted molar refractivity (Wildman–Crippen MR) is 79.5 cm³/mol. The molecule has 106 valence electrons. The highest BCUT2D eigenvalue weighted by atomic mass is 79.9. The maximum Gasteiger partial charge on any atom is 0.256 e. The second-order valence-electron chi connectivity index (χ2n) is 4.40. The van der Waals surface area contributed by atoms with Crippen molar-refractivity contribution in [1.82, 2.24) is 4.90 Å². The molecule has 1 amide bonds. The van der Waals surface area contributed by atoms with Gasteiger partial charge >= 0.3 is 0 Å². The lowest BCUT2D eigenvalue weighted by Crippen LogP contribution is -2.29. The molecule has 0 aliphatic rings. The van der Waals surface area contributed by atoms with Crippen LogP contribution in [0.15, 0.2) is 51.7 Å². The molecule has 5 heteroatoms. The predicted octanol–water partition coefficient (Wildman–Crippen LogP) is 3.33. The molecule has 0 fully saturated rings. The third kappa shape index (κ3) is 4.21. The van der Waals surface area contributed by atoms with Crippen molar-refractivity contribution < 1.29 is 13.9 Å². The number of hydrogen-bond acceptors (Lipinski definition) is 3. The fraction of sp³-hybridized carbons (Fsp3) is 0.267. The molecule has 0 N–H and O–H groups in total. The molecule has 1 aromatic heterocycles. The van der Waals surface area contributed by atoms with Gasteiger partial charge in [-0.25, -0.2) is 0 Å². The number of carbonyl (C=O) groups excluding carboxylic acids is 1. The summed E-state index contributed by atoms with van der Waals surface area (Å²) in [6, 6.07) is 11.6. The molecule has 2 rings (SSSR count). The van der Waals surface area contributed by atoms with E-state index >= 15 is 0 Å². The molecule has 0 atom stereocenters. The summed E-state index contributed by atoms with van der Waals surface area (Å²) in [6.45, 7) is 1.59. The molecule has 1 heterocycles. The van der Waals surface area contributed by atoms with E-state index < -0.39 is 0 Å². The number of nitrogens with zero attached hydrogens (tertiary/aromatic N) is 1. The van der Waals surface area contributed by atoms with E-state index in [0.717, 1.165) is 5.56 Å². The van der Waals surface area contributed by atoms with E-state index in [1.54, 1.807) is 18.0 Å². The third-order valence-corrected chi connectivity index (χ3v) is 3.26. The Hall–Kier alpha value is -1.59. The molecule has 0 spiro atoms. The zero-order valence-corrected chi connectivity index (χ0v) is 12.8. The van der Waals surface area contributed by atoms with Crippen LogP contribution < -0.4 is 0 Å². The van der Waals surface area contributed by atoms with Gasteiger partial charge in [0.15, 0.2) is 4.67 Å². The van der Waals surface area contributed by atoms with E-state index in [1.165, 1.54) is 6.26 Å². The van der Waals surface area contributed by atoms with E-state index in [2.05, 4.69) is 15.9 Å². The first-order valence-corrected chi connectivity index (χ1v) is 7.07. The Balaban J connectivity index is 1.72. The molecule has 1 aromatic carbocycles. The highest BCUT2D eigenvalue weighted by molar-refractivity contribution is 9.10. The van der Waals surface area contributed by atoms with E-state index in [0.29, 0.717) is 30.0 Å². The number of rotatable bonds is 6. The number of carbonyl (C=O) groups is 1. The normalized spacial score (nSPS) is 10.5. The molecule has 0 radical (unpaired) electrons. The highest BCUT2D eigenvalue weighted by Crippen LogP contribution is 2.15. The van der Waals surface area contributed by atoms with Crippen LogP contribution in [0.3, 0.4) is 0 Å². The molecule has 2 aromatic rings. The molecule has 0 unspecified atom stereocenters. The Morgan fingerprint density at radius 3 is 2.75 bits per heavy atom. The summed E-state index contributed by atoms with van der Waals surface area (Å²) in [5.41, 5.74) is 1.66. The third-order valence-electron chi connectivity index (χ3n) is 2.84. The molecule has 0 bridgehead atoms. The first kappa shape index (κ1) is 14.8. The van der Waals surface area contributed by atoms with Crippen molar-refractivity contribution >= 4 is 21.8 Å². The summed E-state index contributed by atoms with van der Waals surface area (Å²) in [5, 5.41) is 0. The quantitative estimate of drug-likeness (QED) is 0.759. The number of furan rings is 1. The first-order valence-electron chi connectivity index (χ1n) is 6.28. The summed E-state index contributed by atoms with van der Waals surface area (Å²) in [5.74, 6) is -0.0808. The molecule has 0 aliphatic heterocycles. The van der Waals surface area contributed by atoms with Gasteiger partial charge in [0, 0.05) is 19.7 Å². The van der Waals surface area contributed by atoms with Crippen LogP contribution in [0.1, 0.15) is 15.9 Å². The number of halogens is 1. The molecule has 4 nitrogen and oxygen atoms in total. The number of hydrogen-bond donors (Lipinski definition) is 0. The summed E-state index contributed by atoms with van der Waals surface area (Å²) < 4.78 is 11.2. The SMILES string of the molecule is CN(CCOCc1ccccc1)C(=O)c1coc(Br)c1. The molecule has 0 saturated carbocycles. The topological polar surface area (TPSA) is 42.7 Å². The van der Waals surface area contributed by atoms with Crippen LogP contribution in [0.4, 0.5) is 0 Å². The van der Waals surface area contributed by atoms with E-state index in [1.807, 2.05) is 30.3 Å². The van der Waals surface area contributed by atoms with Gasteiger partial charge in [-0.2, -0.15) is 0 Å². The fourth-order valence-corrected chi connectivity index (χ4v) is 2.05. The van der Waals surface area contributed by atoms with Gasteiger partial charge in [-0.1, -0.05) is 30.3 Å². The average molecular weight is 338 g/mol. The summed E-state index contributed by atoms with van der Waals surface area (Å²) in [6.07, 6.45) is 1.44. The fourth-order valence-electron chi connectivity index (χ4n) is 1.71. The van der Waals surface area contributed by atoms with Gasteiger partial charge in [0.25, 0.3) is 5.91 Å². The van der Waals surface area contributed by atoms with Crippen molar-refractivity contribution in [2.24, 2.45) is 0 Å². The Labute approximate surface area is 126 Å². The van der Waals surface area contributed by atoms with Crippen molar-refractivity contribution in [2.75, 3.05) is 20.2 Å². The van der Waals surface area contributed by atoms with Crippen LogP contribution in [0.25, 0.3) is 0 Å². The van der Waals surface area contributed by atoms with Crippen LogP contribution in [0.2, 0.25) is 0 Å². The first-order chi connectivity index (χ1) is 9.66. The lowest BCUT2D eigenvalue weighted by Gasteiger charge is -2.16. The smallest absolute Gasteiger partial charge is 0.256 e. The average Bonchev–Trinajstić information content (AvgIpc) is 2.90. The zero-order chi connectivity index (χ0) is 14.4. The Kier molecular flexibility index (Phi) is 5.38. The standard InChI is InChI=1S/C15H16BrNO3/c1-17(15(18)13-9-14(16)20-11-13)7-8-19-10-12-5-3-2-4-6-12/h2-6,9,11H,7-8,10H2,1H3. The van der Waals surface area contributed by atoms with E-state index in [9.17, 15) is 4.79 Å². The van der Waals surface area contributed by atoms with Gasteiger partial charge in [0.05, 0.1) is 18.8 Å². The van der Waals surface area contributed by atoms with Crippen LogP contribution in [0, 0.1) is 0 Å². The minimum Gasteiger partial charge on any atom is -0.457 e. The molecule has 0 saturated heterocycles. The highest BCUT2D eigenvalue weighted by Gasteiger charge is 2.13. The second-order valence-corrected chi connectivity index (χ2v) is 5.19. The minimum absolute atomic E-state index is 0.0808. The molecular formula is C15H16BrNO3. The number of benzene rings is 1. The maximum absolute atomic E-state index is 12.0. The molecular weight excluding hydrogens is 322 g/mol. The van der Waals surface area contributed by atoms with Crippen molar-refractivity contribution in [3.8, 4) is 0 Å². The Bertz CT molecular complexity index is 553. The van der Waals surface area contributed by atoms with Crippen molar-refractivity contribution in [1.29, 1.82) is 0 Å². The van der Waals surface area contributed by atoms with Crippen LogP contribution in [-0.4, -0.2) is 31.0 Å².